The van der Waals surface area contributed by atoms with E-state index in [1.807, 2.05) is 130 Å². The second-order valence-electron chi connectivity index (χ2n) is 13.1. The number of anilines is 4. The van der Waals surface area contributed by atoms with Crippen molar-refractivity contribution >= 4 is 50.4 Å². The van der Waals surface area contributed by atoms with E-state index < -0.39 is 23.3 Å². The smallest absolute Gasteiger partial charge is 0.277 e. The second kappa shape index (κ2) is 17.1. The minimum absolute atomic E-state index is 0.132. The quantitative estimate of drug-likeness (QED) is 0.0970. The summed E-state index contributed by atoms with van der Waals surface area (Å²) in [7, 11) is 0. The topological polar surface area (TPSA) is 33.3 Å². The summed E-state index contributed by atoms with van der Waals surface area (Å²) in [5.41, 5.74) is 6.42. The largest absolute Gasteiger partial charge is 0.337 e. The SMILES string of the molecule is CCN(c1ccccc1)c1sc(C(=C2C=CC(=[N+](CC)c3c(F)cccc3F)C=C2)c2ccc(N(CC)c3c(F)cccc3F)cc2)c(-c2ccccc2)c1C#N. The highest BCUT2D eigenvalue weighted by Crippen LogP contribution is 2.49. The van der Waals surface area contributed by atoms with E-state index in [0.717, 1.165) is 43.4 Å². The average molecular weight is 780 g/mol. The molecule has 1 aliphatic rings. The van der Waals surface area contributed by atoms with Gasteiger partial charge in [-0.25, -0.2) is 8.78 Å². The molecular weight excluding hydrogens is 741 g/mol. The van der Waals surface area contributed by atoms with Gasteiger partial charge in [-0.15, -0.1) is 11.3 Å². The lowest BCUT2D eigenvalue weighted by atomic mass is 9.90. The van der Waals surface area contributed by atoms with Gasteiger partial charge in [0.25, 0.3) is 5.69 Å². The molecule has 7 rings (SSSR count). The molecule has 0 N–H and O–H groups in total. The molecule has 6 aromatic rings. The molecule has 9 heteroatoms. The van der Waals surface area contributed by atoms with Crippen LogP contribution in [-0.4, -0.2) is 29.9 Å². The van der Waals surface area contributed by atoms with Gasteiger partial charge in [0, 0.05) is 52.6 Å². The molecule has 0 saturated carbocycles. The highest BCUT2D eigenvalue weighted by Gasteiger charge is 2.29. The number of rotatable bonds is 11. The summed E-state index contributed by atoms with van der Waals surface area (Å²) in [4.78, 5) is 4.56. The molecule has 0 unspecified atom stereocenters. The second-order valence-corrected chi connectivity index (χ2v) is 14.1. The molecule has 1 aliphatic carbocycles. The van der Waals surface area contributed by atoms with E-state index in [1.54, 1.807) is 9.48 Å². The van der Waals surface area contributed by atoms with E-state index in [0.29, 0.717) is 36.6 Å². The van der Waals surface area contributed by atoms with Crippen molar-refractivity contribution in [2.24, 2.45) is 0 Å². The van der Waals surface area contributed by atoms with E-state index in [2.05, 4.69) is 11.0 Å². The van der Waals surface area contributed by atoms with Crippen LogP contribution in [0.15, 0.2) is 151 Å². The van der Waals surface area contributed by atoms with Gasteiger partial charge in [0.15, 0.2) is 11.6 Å². The Morgan fingerprint density at radius 2 is 1.18 bits per heavy atom. The zero-order valence-corrected chi connectivity index (χ0v) is 32.5. The normalized spacial score (nSPS) is 12.1. The maximum absolute atomic E-state index is 15.0. The van der Waals surface area contributed by atoms with E-state index in [9.17, 15) is 5.26 Å². The Kier molecular flexibility index (Phi) is 11.6. The van der Waals surface area contributed by atoms with Crippen LogP contribution >= 0.6 is 11.3 Å². The molecule has 0 fully saturated rings. The third-order valence-electron chi connectivity index (χ3n) is 9.90. The lowest BCUT2D eigenvalue weighted by molar-refractivity contribution is -0.439. The number of hydrogen-bond acceptors (Lipinski definition) is 4. The lowest BCUT2D eigenvalue weighted by Crippen LogP contribution is -2.19. The molecule has 1 heterocycles. The summed E-state index contributed by atoms with van der Waals surface area (Å²) >= 11 is 1.51. The Hall–Kier alpha value is -6.50. The minimum Gasteiger partial charge on any atom is -0.337 e. The number of benzene rings is 5. The molecule has 57 heavy (non-hydrogen) atoms. The predicted octanol–water partition coefficient (Wildman–Crippen LogP) is 12.9. The molecule has 0 amide bonds. The third kappa shape index (κ3) is 7.57. The molecule has 0 radical (unpaired) electrons. The zero-order chi connectivity index (χ0) is 40.1. The van der Waals surface area contributed by atoms with Crippen LogP contribution in [0.3, 0.4) is 0 Å². The van der Waals surface area contributed by atoms with Gasteiger partial charge >= 0.3 is 0 Å². The number of nitriles is 1. The fraction of sp³-hybridized carbons (Fsp3) is 0.125. The molecule has 4 nitrogen and oxygen atoms in total. The Morgan fingerprint density at radius 3 is 1.72 bits per heavy atom. The van der Waals surface area contributed by atoms with Gasteiger partial charge in [0.05, 0.1) is 5.56 Å². The van der Waals surface area contributed by atoms with Crippen molar-refractivity contribution < 1.29 is 22.1 Å². The summed E-state index contributed by atoms with van der Waals surface area (Å²) in [6, 6.07) is 37.4. The maximum atomic E-state index is 15.0. The summed E-state index contributed by atoms with van der Waals surface area (Å²) in [6.07, 6.45) is 7.51. The van der Waals surface area contributed by atoms with Gasteiger partial charge in [-0.05, 0) is 98.2 Å². The molecule has 0 atom stereocenters. The van der Waals surface area contributed by atoms with Gasteiger partial charge in [-0.3, -0.25) is 0 Å². The molecular formula is C48H39F4N4S+. The number of allylic oxidation sites excluding steroid dienone is 5. The monoisotopic (exact) mass is 779 g/mol. The maximum Gasteiger partial charge on any atom is 0.277 e. The standard InChI is InChI=1S/C48H39F4N4S/c1-4-54(45-39(49)19-13-20-40(45)50)36-27-23-33(24-28-36)43(34-25-29-37(30-26-34)55(5-2)46-41(51)21-14-22-42(46)52)47-44(32-15-9-7-10-16-32)38(31-53)48(57-47)56(6-3)35-17-11-8-12-18-35/h7-30H,4-6H2,1-3H3/q+1. The summed E-state index contributed by atoms with van der Waals surface area (Å²) < 4.78 is 61.7. The van der Waals surface area contributed by atoms with Crippen LogP contribution in [0.25, 0.3) is 16.7 Å². The van der Waals surface area contributed by atoms with Crippen molar-refractivity contribution in [1.82, 2.24) is 0 Å². The van der Waals surface area contributed by atoms with Crippen LogP contribution in [0.4, 0.5) is 45.3 Å². The van der Waals surface area contributed by atoms with Crippen LogP contribution in [-0.2, 0) is 0 Å². The Labute approximate surface area is 334 Å². The molecule has 0 saturated heterocycles. The van der Waals surface area contributed by atoms with Gasteiger partial charge < -0.3 is 9.80 Å². The molecule has 1 aromatic heterocycles. The van der Waals surface area contributed by atoms with E-state index in [-0.39, 0.29) is 11.4 Å². The van der Waals surface area contributed by atoms with Crippen molar-refractivity contribution in [2.45, 2.75) is 20.8 Å². The van der Waals surface area contributed by atoms with E-state index in [4.69, 9.17) is 0 Å². The third-order valence-corrected chi connectivity index (χ3v) is 11.1. The molecule has 5 aromatic carbocycles. The number of nitrogens with zero attached hydrogens (tertiary/aromatic N) is 4. The van der Waals surface area contributed by atoms with Gasteiger partial charge in [-0.2, -0.15) is 18.6 Å². The summed E-state index contributed by atoms with van der Waals surface area (Å²) in [5, 5.41) is 11.7. The van der Waals surface area contributed by atoms with Gasteiger partial charge in [0.2, 0.25) is 5.71 Å². The molecule has 284 valence electrons. The van der Waals surface area contributed by atoms with Crippen molar-refractivity contribution in [3.05, 3.63) is 190 Å². The molecule has 0 bridgehead atoms. The van der Waals surface area contributed by atoms with Crippen molar-refractivity contribution in [1.29, 1.82) is 5.26 Å². The first-order valence-corrected chi connectivity index (χ1v) is 19.6. The average Bonchev–Trinajstić information content (AvgIpc) is 3.61. The van der Waals surface area contributed by atoms with Crippen molar-refractivity contribution in [3.8, 4) is 17.2 Å². The van der Waals surface area contributed by atoms with Gasteiger partial charge in [-0.1, -0.05) is 72.8 Å². The number of thiophene rings is 1. The Morgan fingerprint density at radius 1 is 0.632 bits per heavy atom. The Balaban J connectivity index is 1.48. The van der Waals surface area contributed by atoms with Crippen LogP contribution in [0, 0.1) is 34.6 Å². The first-order chi connectivity index (χ1) is 27.8. The van der Waals surface area contributed by atoms with Crippen LogP contribution in [0.2, 0.25) is 0 Å². The first-order valence-electron chi connectivity index (χ1n) is 18.8. The van der Waals surface area contributed by atoms with Crippen LogP contribution in [0.5, 0.6) is 0 Å². The Bertz CT molecular complexity index is 2530. The van der Waals surface area contributed by atoms with Crippen LogP contribution < -0.4 is 9.80 Å². The highest BCUT2D eigenvalue weighted by atomic mass is 32.1. The van der Waals surface area contributed by atoms with E-state index in [1.165, 1.54) is 47.7 Å². The summed E-state index contributed by atoms with van der Waals surface area (Å²) in [5.74, 6) is -2.64. The number of para-hydroxylation sites is 3. The molecule has 0 spiro atoms. The predicted molar refractivity (Wildman–Crippen MR) is 225 cm³/mol. The number of hydrogen-bond donors (Lipinski definition) is 0. The van der Waals surface area contributed by atoms with Crippen molar-refractivity contribution in [3.63, 3.8) is 0 Å². The van der Waals surface area contributed by atoms with E-state index >= 15 is 17.6 Å². The first kappa shape index (κ1) is 38.8. The highest BCUT2D eigenvalue weighted by molar-refractivity contribution is 7.18. The number of halogens is 4. The summed E-state index contributed by atoms with van der Waals surface area (Å²) in [6.45, 7) is 6.95. The zero-order valence-electron chi connectivity index (χ0n) is 31.7. The fourth-order valence-electron chi connectivity index (χ4n) is 7.30. The minimum atomic E-state index is -0.661. The van der Waals surface area contributed by atoms with Gasteiger partial charge in [0.1, 0.15) is 34.9 Å². The fourth-order valence-corrected chi connectivity index (χ4v) is 8.75. The van der Waals surface area contributed by atoms with Crippen molar-refractivity contribution in [2.75, 3.05) is 29.4 Å². The van der Waals surface area contributed by atoms with Crippen LogP contribution in [0.1, 0.15) is 36.8 Å². The molecule has 0 aliphatic heterocycles. The lowest BCUT2D eigenvalue weighted by Gasteiger charge is -2.25.